The van der Waals surface area contributed by atoms with Crippen LogP contribution in [0.5, 0.6) is 0 Å². The maximum absolute atomic E-state index is 12.0. The summed E-state index contributed by atoms with van der Waals surface area (Å²) in [6.07, 6.45) is 2.47. The molecule has 1 amide bonds. The Labute approximate surface area is 129 Å². The van der Waals surface area contributed by atoms with Crippen molar-refractivity contribution in [3.05, 3.63) is 40.1 Å². The summed E-state index contributed by atoms with van der Waals surface area (Å²) >= 11 is 7.46. The third-order valence-electron chi connectivity index (χ3n) is 3.04. The Kier molecular flexibility index (Phi) is 3.85. The topological polar surface area (TPSA) is 72.2 Å². The van der Waals surface area contributed by atoms with Crippen molar-refractivity contribution >= 4 is 39.5 Å². The van der Waals surface area contributed by atoms with Gasteiger partial charge in [0.2, 0.25) is 10.9 Å². The van der Waals surface area contributed by atoms with Gasteiger partial charge in [0.25, 0.3) is 0 Å². The molecule has 2 heterocycles. The molecule has 0 atom stereocenters. The molecule has 0 aliphatic rings. The third kappa shape index (κ3) is 3.03. The van der Waals surface area contributed by atoms with Crippen LogP contribution in [0.3, 0.4) is 0 Å². The Hall–Kier alpha value is -1.99. The van der Waals surface area contributed by atoms with E-state index in [4.69, 9.17) is 11.6 Å². The largest absolute Gasteiger partial charge is 0.326 e. The number of halogens is 1. The van der Waals surface area contributed by atoms with Crippen molar-refractivity contribution in [2.75, 3.05) is 5.32 Å². The van der Waals surface area contributed by atoms with Crippen LogP contribution in [0.2, 0.25) is 5.02 Å². The molecule has 3 rings (SSSR count). The van der Waals surface area contributed by atoms with Gasteiger partial charge in [-0.05, 0) is 24.6 Å². The fraction of sp³-hybridized carbons (Fsp3) is 0.231. The van der Waals surface area contributed by atoms with E-state index in [1.165, 1.54) is 11.3 Å². The lowest BCUT2D eigenvalue weighted by Gasteiger charge is -2.08. The molecule has 0 radical (unpaired) electrons. The maximum atomic E-state index is 12.0. The zero-order valence-electron chi connectivity index (χ0n) is 11.2. The van der Waals surface area contributed by atoms with Gasteiger partial charge in [-0.2, -0.15) is 9.61 Å². The zero-order valence-corrected chi connectivity index (χ0v) is 12.8. The van der Waals surface area contributed by atoms with E-state index in [0.29, 0.717) is 17.9 Å². The molecule has 0 fully saturated rings. The molecule has 1 N–H and O–H groups in total. The SMILES string of the molecule is Cc1c(Cl)cccc1NC(=O)CCc1nn2cnnc2s1. The van der Waals surface area contributed by atoms with Gasteiger partial charge in [0.05, 0.1) is 0 Å². The van der Waals surface area contributed by atoms with Gasteiger partial charge in [0.15, 0.2) is 0 Å². The summed E-state index contributed by atoms with van der Waals surface area (Å²) in [6, 6.07) is 5.45. The van der Waals surface area contributed by atoms with E-state index in [9.17, 15) is 4.79 Å². The third-order valence-corrected chi connectivity index (χ3v) is 4.42. The van der Waals surface area contributed by atoms with Crippen molar-refractivity contribution in [2.24, 2.45) is 0 Å². The van der Waals surface area contributed by atoms with Gasteiger partial charge in [0.1, 0.15) is 11.3 Å². The summed E-state index contributed by atoms with van der Waals surface area (Å²) in [6.45, 7) is 1.88. The van der Waals surface area contributed by atoms with Crippen LogP contribution in [0.15, 0.2) is 24.5 Å². The Balaban J connectivity index is 1.61. The van der Waals surface area contributed by atoms with Crippen LogP contribution in [-0.2, 0) is 11.2 Å². The first kappa shape index (κ1) is 14.0. The highest BCUT2D eigenvalue weighted by atomic mass is 35.5. The fourth-order valence-electron chi connectivity index (χ4n) is 1.88. The van der Waals surface area contributed by atoms with Crippen molar-refractivity contribution in [1.82, 2.24) is 19.8 Å². The standard InChI is InChI=1S/C13H12ClN5OS/c1-8-9(14)3-2-4-10(8)16-11(20)5-6-12-18-19-7-15-17-13(19)21-12/h2-4,7H,5-6H2,1H3,(H,16,20). The highest BCUT2D eigenvalue weighted by Gasteiger charge is 2.10. The van der Waals surface area contributed by atoms with Gasteiger partial charge < -0.3 is 5.32 Å². The van der Waals surface area contributed by atoms with E-state index in [1.807, 2.05) is 19.1 Å². The maximum Gasteiger partial charge on any atom is 0.234 e. The summed E-state index contributed by atoms with van der Waals surface area (Å²) in [5, 5.41) is 16.3. The molecular weight excluding hydrogens is 310 g/mol. The van der Waals surface area contributed by atoms with E-state index in [-0.39, 0.29) is 5.91 Å². The van der Waals surface area contributed by atoms with Gasteiger partial charge in [-0.3, -0.25) is 4.79 Å². The summed E-state index contributed by atoms with van der Waals surface area (Å²) in [5.74, 6) is -0.0636. The number of nitrogens with zero attached hydrogens (tertiary/aromatic N) is 4. The molecule has 2 aromatic heterocycles. The van der Waals surface area contributed by atoms with Gasteiger partial charge >= 0.3 is 0 Å². The predicted octanol–water partition coefficient (Wildman–Crippen LogP) is 2.72. The highest BCUT2D eigenvalue weighted by molar-refractivity contribution is 7.16. The number of hydrogen-bond acceptors (Lipinski definition) is 5. The molecule has 6 nitrogen and oxygen atoms in total. The lowest BCUT2D eigenvalue weighted by atomic mass is 10.2. The monoisotopic (exact) mass is 321 g/mol. The number of carbonyl (C=O) groups is 1. The summed E-state index contributed by atoms with van der Waals surface area (Å²) in [5.41, 5.74) is 1.61. The lowest BCUT2D eigenvalue weighted by molar-refractivity contribution is -0.116. The number of benzene rings is 1. The second kappa shape index (κ2) is 5.79. The minimum Gasteiger partial charge on any atom is -0.326 e. The van der Waals surface area contributed by atoms with Crippen LogP contribution in [-0.4, -0.2) is 25.7 Å². The molecule has 0 aliphatic heterocycles. The van der Waals surface area contributed by atoms with Gasteiger partial charge in [-0.1, -0.05) is 29.0 Å². The normalized spacial score (nSPS) is 11.0. The van der Waals surface area contributed by atoms with Crippen molar-refractivity contribution < 1.29 is 4.79 Å². The molecule has 8 heteroatoms. The first-order valence-electron chi connectivity index (χ1n) is 6.34. The van der Waals surface area contributed by atoms with Crippen molar-refractivity contribution in [3.8, 4) is 0 Å². The predicted molar refractivity (Wildman–Crippen MR) is 81.8 cm³/mol. The number of aryl methyl sites for hydroxylation is 1. The summed E-state index contributed by atoms with van der Waals surface area (Å²) < 4.78 is 1.61. The van der Waals surface area contributed by atoms with Gasteiger partial charge in [-0.15, -0.1) is 10.2 Å². The molecular formula is C13H12ClN5OS. The smallest absolute Gasteiger partial charge is 0.234 e. The number of hydrogen-bond donors (Lipinski definition) is 1. The van der Waals surface area contributed by atoms with E-state index in [2.05, 4.69) is 20.6 Å². The second-order valence-corrected chi connectivity index (χ2v) is 5.96. The summed E-state index contributed by atoms with van der Waals surface area (Å²) in [4.78, 5) is 12.7. The van der Waals surface area contributed by atoms with Gasteiger partial charge in [-0.25, -0.2) is 0 Å². The number of nitrogens with one attached hydrogen (secondary N) is 1. The molecule has 3 aromatic rings. The molecule has 21 heavy (non-hydrogen) atoms. The molecule has 0 bridgehead atoms. The Morgan fingerprint density at radius 2 is 2.33 bits per heavy atom. The van der Waals surface area contributed by atoms with E-state index >= 15 is 0 Å². The Morgan fingerprint density at radius 1 is 1.48 bits per heavy atom. The minimum absolute atomic E-state index is 0.0636. The average Bonchev–Trinajstić information content (AvgIpc) is 3.02. The Morgan fingerprint density at radius 3 is 3.14 bits per heavy atom. The lowest BCUT2D eigenvalue weighted by Crippen LogP contribution is -2.13. The number of aromatic nitrogens is 4. The number of carbonyl (C=O) groups excluding carboxylic acids is 1. The van der Waals surface area contributed by atoms with Crippen molar-refractivity contribution in [3.63, 3.8) is 0 Å². The zero-order chi connectivity index (χ0) is 14.8. The molecule has 0 saturated carbocycles. The molecule has 0 saturated heterocycles. The Bertz CT molecular complexity index is 768. The van der Waals surface area contributed by atoms with E-state index in [0.717, 1.165) is 21.2 Å². The number of amides is 1. The number of rotatable bonds is 4. The van der Waals surface area contributed by atoms with Crippen LogP contribution in [0, 0.1) is 6.92 Å². The number of anilines is 1. The number of fused-ring (bicyclic) bond motifs is 1. The second-order valence-electron chi connectivity index (χ2n) is 4.51. The van der Waals surface area contributed by atoms with E-state index < -0.39 is 0 Å². The minimum atomic E-state index is -0.0636. The molecule has 0 spiro atoms. The quantitative estimate of drug-likeness (QED) is 0.802. The fourth-order valence-corrected chi connectivity index (χ4v) is 2.87. The van der Waals surface area contributed by atoms with Crippen LogP contribution < -0.4 is 5.32 Å². The molecule has 0 unspecified atom stereocenters. The van der Waals surface area contributed by atoms with Crippen LogP contribution in [0.25, 0.3) is 4.96 Å². The van der Waals surface area contributed by atoms with Crippen LogP contribution in [0.1, 0.15) is 17.0 Å². The molecule has 1 aromatic carbocycles. The average molecular weight is 322 g/mol. The molecule has 0 aliphatic carbocycles. The summed E-state index contributed by atoms with van der Waals surface area (Å²) in [7, 11) is 0. The van der Waals surface area contributed by atoms with E-state index in [1.54, 1.807) is 16.9 Å². The molecule has 108 valence electrons. The van der Waals surface area contributed by atoms with Crippen LogP contribution in [0.4, 0.5) is 5.69 Å². The van der Waals surface area contributed by atoms with Crippen molar-refractivity contribution in [2.45, 2.75) is 19.8 Å². The van der Waals surface area contributed by atoms with Gasteiger partial charge in [0, 0.05) is 23.6 Å². The first-order chi connectivity index (χ1) is 10.1. The van der Waals surface area contributed by atoms with Crippen molar-refractivity contribution in [1.29, 1.82) is 0 Å². The first-order valence-corrected chi connectivity index (χ1v) is 7.53. The highest BCUT2D eigenvalue weighted by Crippen LogP contribution is 2.23. The van der Waals surface area contributed by atoms with Crippen LogP contribution >= 0.6 is 22.9 Å².